The van der Waals surface area contributed by atoms with Gasteiger partial charge in [-0.05, 0) is 48.1 Å². The van der Waals surface area contributed by atoms with Crippen molar-refractivity contribution in [1.29, 1.82) is 0 Å². The molecule has 1 aromatic rings. The van der Waals surface area contributed by atoms with Crippen LogP contribution in [0.25, 0.3) is 0 Å². The van der Waals surface area contributed by atoms with Gasteiger partial charge in [0.25, 0.3) is 0 Å². The molecule has 2 fully saturated rings. The maximum absolute atomic E-state index is 3.67. The highest BCUT2D eigenvalue weighted by molar-refractivity contribution is 7.99. The fourth-order valence-electron chi connectivity index (χ4n) is 2.40. The summed E-state index contributed by atoms with van der Waals surface area (Å²) in [6.07, 6.45) is 2.79. The molecule has 1 N–H and O–H groups in total. The minimum absolute atomic E-state index is 0.535. The monoisotopic (exact) mass is 233 g/mol. The highest BCUT2D eigenvalue weighted by Crippen LogP contribution is 2.45. The van der Waals surface area contributed by atoms with Crippen molar-refractivity contribution in [2.45, 2.75) is 31.1 Å². The Bertz CT molecular complexity index is 365. The lowest BCUT2D eigenvalue weighted by Gasteiger charge is -2.29. The van der Waals surface area contributed by atoms with Crippen LogP contribution in [-0.2, 0) is 0 Å². The van der Waals surface area contributed by atoms with Crippen LogP contribution in [0, 0.1) is 5.92 Å². The minimum Gasteiger partial charge on any atom is -0.301 e. The molecule has 0 spiro atoms. The standard InChI is InChI=1S/C14H19NS/c1-10-8-15-14(16-9-10)13-5-3-2-4-12(13)11-6-7-11/h2-5,10-11,14-15H,6-9H2,1H3. The van der Waals surface area contributed by atoms with Crippen molar-refractivity contribution >= 4 is 11.8 Å². The fraction of sp³-hybridized carbons (Fsp3) is 0.571. The van der Waals surface area contributed by atoms with Crippen molar-refractivity contribution < 1.29 is 0 Å². The van der Waals surface area contributed by atoms with E-state index in [1.54, 1.807) is 11.1 Å². The van der Waals surface area contributed by atoms with Crippen molar-refractivity contribution in [3.63, 3.8) is 0 Å². The quantitative estimate of drug-likeness (QED) is 0.838. The van der Waals surface area contributed by atoms with Gasteiger partial charge >= 0.3 is 0 Å². The molecule has 1 nitrogen and oxygen atoms in total. The smallest absolute Gasteiger partial charge is 0.0792 e. The Labute approximate surface area is 102 Å². The van der Waals surface area contributed by atoms with E-state index in [9.17, 15) is 0 Å². The molecular weight excluding hydrogens is 214 g/mol. The zero-order valence-electron chi connectivity index (χ0n) is 9.78. The Balaban J connectivity index is 1.82. The Hall–Kier alpha value is -0.470. The number of rotatable bonds is 2. The topological polar surface area (TPSA) is 12.0 Å². The van der Waals surface area contributed by atoms with Crippen LogP contribution in [0.4, 0.5) is 0 Å². The van der Waals surface area contributed by atoms with E-state index in [1.807, 2.05) is 0 Å². The van der Waals surface area contributed by atoms with Crippen LogP contribution < -0.4 is 5.32 Å². The number of hydrogen-bond donors (Lipinski definition) is 1. The molecule has 1 saturated heterocycles. The molecule has 1 aliphatic carbocycles. The van der Waals surface area contributed by atoms with E-state index in [1.165, 1.54) is 18.6 Å². The van der Waals surface area contributed by atoms with Gasteiger partial charge in [-0.1, -0.05) is 31.2 Å². The molecule has 2 aliphatic rings. The lowest BCUT2D eigenvalue weighted by atomic mass is 10.0. The second kappa shape index (κ2) is 4.42. The van der Waals surface area contributed by atoms with Gasteiger partial charge in [0.15, 0.2) is 0 Å². The van der Waals surface area contributed by atoms with Crippen LogP contribution in [0.15, 0.2) is 24.3 Å². The molecule has 0 aromatic heterocycles. The first-order chi connectivity index (χ1) is 7.84. The SMILES string of the molecule is CC1CNC(c2ccccc2C2CC2)SC1. The van der Waals surface area contributed by atoms with Crippen LogP contribution in [0.3, 0.4) is 0 Å². The van der Waals surface area contributed by atoms with Crippen molar-refractivity contribution in [3.8, 4) is 0 Å². The first-order valence-electron chi connectivity index (χ1n) is 6.28. The predicted octanol–water partition coefficient (Wildman–Crippen LogP) is 3.54. The highest BCUT2D eigenvalue weighted by Gasteiger charge is 2.29. The number of nitrogens with one attached hydrogen (secondary N) is 1. The summed E-state index contributed by atoms with van der Waals surface area (Å²) in [4.78, 5) is 0. The zero-order valence-corrected chi connectivity index (χ0v) is 10.6. The van der Waals surface area contributed by atoms with Gasteiger partial charge in [0, 0.05) is 0 Å². The number of benzene rings is 1. The third-order valence-electron chi connectivity index (χ3n) is 3.49. The first kappa shape index (κ1) is 10.7. The summed E-state index contributed by atoms with van der Waals surface area (Å²) < 4.78 is 0. The first-order valence-corrected chi connectivity index (χ1v) is 7.33. The molecular formula is C14H19NS. The van der Waals surface area contributed by atoms with E-state index < -0.39 is 0 Å². The van der Waals surface area contributed by atoms with Gasteiger partial charge in [0.1, 0.15) is 0 Å². The number of hydrogen-bond acceptors (Lipinski definition) is 2. The molecule has 3 rings (SSSR count). The summed E-state index contributed by atoms with van der Waals surface area (Å²) in [7, 11) is 0. The molecule has 2 atom stereocenters. The van der Waals surface area contributed by atoms with Gasteiger partial charge in [-0.3, -0.25) is 0 Å². The van der Waals surface area contributed by atoms with Crippen molar-refractivity contribution in [2.75, 3.05) is 12.3 Å². The van der Waals surface area contributed by atoms with Crippen LogP contribution >= 0.6 is 11.8 Å². The van der Waals surface area contributed by atoms with Crippen molar-refractivity contribution in [1.82, 2.24) is 5.32 Å². The normalized spacial score (nSPS) is 30.3. The molecule has 1 heterocycles. The maximum Gasteiger partial charge on any atom is 0.0792 e. The molecule has 2 heteroatoms. The van der Waals surface area contributed by atoms with Crippen LogP contribution in [0.1, 0.15) is 42.2 Å². The van der Waals surface area contributed by atoms with Gasteiger partial charge in [-0.25, -0.2) is 0 Å². The Morgan fingerprint density at radius 2 is 1.94 bits per heavy atom. The maximum atomic E-state index is 3.67. The van der Waals surface area contributed by atoms with Gasteiger partial charge in [-0.2, -0.15) is 0 Å². The van der Waals surface area contributed by atoms with E-state index in [0.717, 1.165) is 18.4 Å². The zero-order chi connectivity index (χ0) is 11.0. The fourth-order valence-corrected chi connectivity index (χ4v) is 3.65. The van der Waals surface area contributed by atoms with E-state index in [-0.39, 0.29) is 0 Å². The van der Waals surface area contributed by atoms with Crippen LogP contribution in [0.2, 0.25) is 0 Å². The van der Waals surface area contributed by atoms with Crippen molar-refractivity contribution in [3.05, 3.63) is 35.4 Å². The van der Waals surface area contributed by atoms with Gasteiger partial charge in [0.2, 0.25) is 0 Å². The molecule has 1 saturated carbocycles. The van der Waals surface area contributed by atoms with Crippen LogP contribution in [0.5, 0.6) is 0 Å². The molecule has 16 heavy (non-hydrogen) atoms. The Morgan fingerprint density at radius 3 is 2.56 bits per heavy atom. The van der Waals surface area contributed by atoms with Crippen LogP contribution in [-0.4, -0.2) is 12.3 Å². The van der Waals surface area contributed by atoms with E-state index in [4.69, 9.17) is 0 Å². The summed E-state index contributed by atoms with van der Waals surface area (Å²) >= 11 is 2.07. The van der Waals surface area contributed by atoms with Gasteiger partial charge in [-0.15, -0.1) is 11.8 Å². The minimum atomic E-state index is 0.535. The summed E-state index contributed by atoms with van der Waals surface area (Å²) in [5.41, 5.74) is 3.14. The van der Waals surface area contributed by atoms with E-state index in [2.05, 4.69) is 48.3 Å². The average molecular weight is 233 g/mol. The van der Waals surface area contributed by atoms with E-state index in [0.29, 0.717) is 5.37 Å². The summed E-state index contributed by atoms with van der Waals surface area (Å²) in [5, 5.41) is 4.21. The van der Waals surface area contributed by atoms with Crippen molar-refractivity contribution in [2.24, 2.45) is 5.92 Å². The summed E-state index contributed by atoms with van der Waals surface area (Å²) in [5.74, 6) is 2.96. The molecule has 0 radical (unpaired) electrons. The largest absolute Gasteiger partial charge is 0.301 e. The second-order valence-electron chi connectivity index (χ2n) is 5.13. The summed E-state index contributed by atoms with van der Waals surface area (Å²) in [6.45, 7) is 3.49. The second-order valence-corrected chi connectivity index (χ2v) is 6.27. The Morgan fingerprint density at radius 1 is 1.19 bits per heavy atom. The molecule has 0 amide bonds. The molecule has 1 aliphatic heterocycles. The van der Waals surface area contributed by atoms with E-state index >= 15 is 0 Å². The Kier molecular flexibility index (Phi) is 2.95. The molecule has 0 bridgehead atoms. The number of thioether (sulfide) groups is 1. The summed E-state index contributed by atoms with van der Waals surface area (Å²) in [6, 6.07) is 9.01. The molecule has 86 valence electrons. The third kappa shape index (κ3) is 2.14. The van der Waals surface area contributed by atoms with Gasteiger partial charge in [0.05, 0.1) is 5.37 Å². The highest BCUT2D eigenvalue weighted by atomic mass is 32.2. The average Bonchev–Trinajstić information content (AvgIpc) is 3.14. The third-order valence-corrected chi connectivity index (χ3v) is 5.01. The lowest BCUT2D eigenvalue weighted by Crippen LogP contribution is -2.31. The molecule has 1 aromatic carbocycles. The predicted molar refractivity (Wildman–Crippen MR) is 70.8 cm³/mol. The van der Waals surface area contributed by atoms with Gasteiger partial charge < -0.3 is 5.32 Å². The molecule has 2 unspecified atom stereocenters. The lowest BCUT2D eigenvalue weighted by molar-refractivity contribution is 0.528.